The smallest absolute Gasteiger partial charge is 0.244 e. The maximum Gasteiger partial charge on any atom is 0.244 e. The summed E-state index contributed by atoms with van der Waals surface area (Å²) in [6, 6.07) is 0. The van der Waals surface area contributed by atoms with E-state index in [0.717, 1.165) is 44.6 Å². The van der Waals surface area contributed by atoms with Gasteiger partial charge in [-0.15, -0.1) is 5.10 Å². The summed E-state index contributed by atoms with van der Waals surface area (Å²) in [5.74, 6) is 1.65. The number of aromatic nitrogens is 3. The molecular formula is C8H15N5O. The average Bonchev–Trinajstić information content (AvgIpc) is 2.68. The third kappa shape index (κ3) is 2.02. The van der Waals surface area contributed by atoms with Gasteiger partial charge in [0.25, 0.3) is 0 Å². The van der Waals surface area contributed by atoms with E-state index >= 15 is 0 Å². The molecule has 6 nitrogen and oxygen atoms in total. The summed E-state index contributed by atoms with van der Waals surface area (Å²) in [7, 11) is 1.89. The molecule has 1 aromatic rings. The Morgan fingerprint density at radius 2 is 2.29 bits per heavy atom. The summed E-state index contributed by atoms with van der Waals surface area (Å²) in [6.45, 7) is 3.98. The van der Waals surface area contributed by atoms with Crippen LogP contribution in [0.25, 0.3) is 0 Å². The molecule has 2 heterocycles. The molecule has 1 saturated heterocycles. The minimum atomic E-state index is 0.720. The van der Waals surface area contributed by atoms with Crippen LogP contribution >= 0.6 is 0 Å². The summed E-state index contributed by atoms with van der Waals surface area (Å²) < 4.78 is 5.26. The van der Waals surface area contributed by atoms with Crippen molar-refractivity contribution in [2.45, 2.75) is 6.54 Å². The quantitative estimate of drug-likeness (QED) is 0.674. The molecule has 1 aliphatic rings. The van der Waals surface area contributed by atoms with Crippen molar-refractivity contribution >= 4 is 5.95 Å². The van der Waals surface area contributed by atoms with Crippen LogP contribution in [0.4, 0.5) is 5.95 Å². The van der Waals surface area contributed by atoms with E-state index in [4.69, 9.17) is 4.74 Å². The fraction of sp³-hybridized carbons (Fsp3) is 0.750. The summed E-state index contributed by atoms with van der Waals surface area (Å²) >= 11 is 0. The van der Waals surface area contributed by atoms with Crippen molar-refractivity contribution in [1.29, 1.82) is 0 Å². The molecule has 2 rings (SSSR count). The van der Waals surface area contributed by atoms with Crippen molar-refractivity contribution in [2.24, 2.45) is 0 Å². The molecular weight excluding hydrogens is 182 g/mol. The first kappa shape index (κ1) is 9.42. The van der Waals surface area contributed by atoms with Gasteiger partial charge in [0.05, 0.1) is 19.8 Å². The van der Waals surface area contributed by atoms with Gasteiger partial charge in [-0.2, -0.15) is 4.98 Å². The lowest BCUT2D eigenvalue weighted by molar-refractivity contribution is 0.122. The summed E-state index contributed by atoms with van der Waals surface area (Å²) in [5, 5.41) is 10.1. The van der Waals surface area contributed by atoms with Gasteiger partial charge in [-0.25, -0.2) is 0 Å². The zero-order chi connectivity index (χ0) is 9.80. The van der Waals surface area contributed by atoms with Crippen LogP contribution in [0.15, 0.2) is 0 Å². The molecule has 1 aliphatic heterocycles. The van der Waals surface area contributed by atoms with Crippen molar-refractivity contribution in [3.05, 3.63) is 5.82 Å². The maximum absolute atomic E-state index is 5.26. The molecule has 0 spiro atoms. The van der Waals surface area contributed by atoms with Crippen molar-refractivity contribution in [1.82, 2.24) is 20.5 Å². The Labute approximate surface area is 82.7 Å². The number of morpholine rings is 1. The Morgan fingerprint density at radius 1 is 1.50 bits per heavy atom. The highest BCUT2D eigenvalue weighted by Crippen LogP contribution is 2.08. The monoisotopic (exact) mass is 197 g/mol. The minimum absolute atomic E-state index is 0.720. The first-order valence-corrected chi connectivity index (χ1v) is 4.78. The SMILES string of the molecule is CNCc1nc(N2CCOCC2)n[nH]1. The molecule has 1 fully saturated rings. The van der Waals surface area contributed by atoms with Crippen molar-refractivity contribution in [3.63, 3.8) is 0 Å². The van der Waals surface area contributed by atoms with E-state index in [1.165, 1.54) is 0 Å². The fourth-order valence-corrected chi connectivity index (χ4v) is 1.44. The largest absolute Gasteiger partial charge is 0.378 e. The van der Waals surface area contributed by atoms with Crippen LogP contribution in [0, 0.1) is 0 Å². The molecule has 0 atom stereocenters. The highest BCUT2D eigenvalue weighted by Gasteiger charge is 2.14. The molecule has 14 heavy (non-hydrogen) atoms. The average molecular weight is 197 g/mol. The molecule has 0 aliphatic carbocycles. The number of hydrogen-bond donors (Lipinski definition) is 2. The van der Waals surface area contributed by atoms with Gasteiger partial charge in [-0.3, -0.25) is 5.10 Å². The van der Waals surface area contributed by atoms with Crippen LogP contribution in [-0.2, 0) is 11.3 Å². The lowest BCUT2D eigenvalue weighted by Gasteiger charge is -2.25. The molecule has 1 aromatic heterocycles. The molecule has 0 radical (unpaired) electrons. The fourth-order valence-electron chi connectivity index (χ4n) is 1.44. The Kier molecular flexibility index (Phi) is 2.95. The van der Waals surface area contributed by atoms with E-state index in [1.54, 1.807) is 0 Å². The summed E-state index contributed by atoms with van der Waals surface area (Å²) in [4.78, 5) is 6.49. The first-order valence-electron chi connectivity index (χ1n) is 4.78. The van der Waals surface area contributed by atoms with Gasteiger partial charge in [-0.05, 0) is 7.05 Å². The Bertz CT molecular complexity index is 281. The van der Waals surface area contributed by atoms with Gasteiger partial charge in [0.15, 0.2) is 0 Å². The van der Waals surface area contributed by atoms with E-state index in [0.29, 0.717) is 0 Å². The standard InChI is InChI=1S/C8H15N5O/c1-9-6-7-10-8(12-11-7)13-2-4-14-5-3-13/h9H,2-6H2,1H3,(H,10,11,12). The number of nitrogens with zero attached hydrogens (tertiary/aromatic N) is 3. The van der Waals surface area contributed by atoms with Crippen LogP contribution in [0.3, 0.4) is 0 Å². The molecule has 0 amide bonds. The van der Waals surface area contributed by atoms with E-state index in [1.807, 2.05) is 7.05 Å². The Morgan fingerprint density at radius 3 is 3.00 bits per heavy atom. The number of H-pyrrole nitrogens is 1. The van der Waals surface area contributed by atoms with Gasteiger partial charge in [0.2, 0.25) is 5.95 Å². The van der Waals surface area contributed by atoms with Crippen molar-refractivity contribution in [2.75, 3.05) is 38.3 Å². The second-order valence-corrected chi connectivity index (χ2v) is 3.21. The van der Waals surface area contributed by atoms with E-state index in [9.17, 15) is 0 Å². The zero-order valence-electron chi connectivity index (χ0n) is 8.29. The topological polar surface area (TPSA) is 66.1 Å². The lowest BCUT2D eigenvalue weighted by atomic mass is 10.4. The second-order valence-electron chi connectivity index (χ2n) is 3.21. The lowest BCUT2D eigenvalue weighted by Crippen LogP contribution is -2.36. The molecule has 78 valence electrons. The second kappa shape index (κ2) is 4.39. The molecule has 0 bridgehead atoms. The molecule has 6 heteroatoms. The molecule has 0 aromatic carbocycles. The zero-order valence-corrected chi connectivity index (χ0v) is 8.29. The van der Waals surface area contributed by atoms with Crippen LogP contribution in [0.1, 0.15) is 5.82 Å². The van der Waals surface area contributed by atoms with E-state index < -0.39 is 0 Å². The normalized spacial score (nSPS) is 17.4. The van der Waals surface area contributed by atoms with E-state index in [2.05, 4.69) is 25.4 Å². The van der Waals surface area contributed by atoms with Crippen LogP contribution in [0.5, 0.6) is 0 Å². The van der Waals surface area contributed by atoms with Gasteiger partial charge in [-0.1, -0.05) is 0 Å². The highest BCUT2D eigenvalue weighted by atomic mass is 16.5. The number of nitrogens with one attached hydrogen (secondary N) is 2. The molecule has 0 unspecified atom stereocenters. The number of rotatable bonds is 3. The minimum Gasteiger partial charge on any atom is -0.378 e. The number of hydrogen-bond acceptors (Lipinski definition) is 5. The van der Waals surface area contributed by atoms with Crippen LogP contribution < -0.4 is 10.2 Å². The van der Waals surface area contributed by atoms with Gasteiger partial charge >= 0.3 is 0 Å². The van der Waals surface area contributed by atoms with Crippen molar-refractivity contribution < 1.29 is 4.74 Å². The van der Waals surface area contributed by atoms with E-state index in [-0.39, 0.29) is 0 Å². The maximum atomic E-state index is 5.26. The predicted octanol–water partition coefficient (Wildman–Crippen LogP) is -0.639. The predicted molar refractivity (Wildman–Crippen MR) is 52.2 cm³/mol. The van der Waals surface area contributed by atoms with Crippen molar-refractivity contribution in [3.8, 4) is 0 Å². The first-order chi connectivity index (χ1) is 6.90. The summed E-state index contributed by atoms with van der Waals surface area (Å²) in [6.07, 6.45) is 0. The van der Waals surface area contributed by atoms with Crippen LogP contribution in [-0.4, -0.2) is 48.5 Å². The Hall–Kier alpha value is -1.14. The number of aromatic amines is 1. The third-order valence-corrected chi connectivity index (χ3v) is 2.16. The number of anilines is 1. The summed E-state index contributed by atoms with van der Waals surface area (Å²) in [5.41, 5.74) is 0. The van der Waals surface area contributed by atoms with Gasteiger partial charge in [0, 0.05) is 13.1 Å². The number of ether oxygens (including phenoxy) is 1. The Balaban J connectivity index is 2.00. The van der Waals surface area contributed by atoms with Gasteiger partial charge in [0.1, 0.15) is 5.82 Å². The third-order valence-electron chi connectivity index (χ3n) is 2.16. The molecule has 2 N–H and O–H groups in total. The van der Waals surface area contributed by atoms with Crippen LogP contribution in [0.2, 0.25) is 0 Å². The molecule has 0 saturated carbocycles. The van der Waals surface area contributed by atoms with Gasteiger partial charge < -0.3 is 15.0 Å². The highest BCUT2D eigenvalue weighted by molar-refractivity contribution is 5.28.